The van der Waals surface area contributed by atoms with Crippen molar-refractivity contribution in [2.45, 2.75) is 122 Å². The fraction of sp³-hybridized carbons (Fsp3) is 0.667. The van der Waals surface area contributed by atoms with E-state index < -0.39 is 0 Å². The van der Waals surface area contributed by atoms with Crippen molar-refractivity contribution in [2.75, 3.05) is 12.4 Å². The number of nitrogens with zero attached hydrogens (tertiary/aromatic N) is 2. The maximum atomic E-state index is 5.92. The summed E-state index contributed by atoms with van der Waals surface area (Å²) in [5, 5.41) is 0.886. The number of hydrogen-bond acceptors (Lipinski definition) is 4. The normalized spacial score (nSPS) is 11.1. The van der Waals surface area contributed by atoms with E-state index in [0.717, 1.165) is 40.8 Å². The van der Waals surface area contributed by atoms with Crippen molar-refractivity contribution in [2.24, 2.45) is 0 Å². The van der Waals surface area contributed by atoms with Gasteiger partial charge in [-0.15, -0.1) is 0 Å². The SMILES string of the molecule is CCCCCCCCCCOc1ccc(-c2cnc(SCCCCCCCCCC)nc2)cc1. The van der Waals surface area contributed by atoms with Gasteiger partial charge in [0.1, 0.15) is 5.75 Å². The van der Waals surface area contributed by atoms with Crippen LogP contribution in [0, 0.1) is 0 Å². The van der Waals surface area contributed by atoms with Gasteiger partial charge >= 0.3 is 0 Å². The molecule has 0 unspecified atom stereocenters. The van der Waals surface area contributed by atoms with Crippen LogP contribution >= 0.6 is 11.8 Å². The molecule has 4 heteroatoms. The lowest BCUT2D eigenvalue weighted by Crippen LogP contribution is -1.97. The van der Waals surface area contributed by atoms with Crippen LogP contribution in [0.2, 0.25) is 0 Å². The number of benzene rings is 1. The molecule has 0 aliphatic carbocycles. The van der Waals surface area contributed by atoms with E-state index in [1.807, 2.05) is 12.4 Å². The highest BCUT2D eigenvalue weighted by Gasteiger charge is 2.03. The van der Waals surface area contributed by atoms with Crippen molar-refractivity contribution in [1.82, 2.24) is 9.97 Å². The van der Waals surface area contributed by atoms with E-state index in [1.54, 1.807) is 11.8 Å². The lowest BCUT2D eigenvalue weighted by Gasteiger charge is -2.08. The summed E-state index contributed by atoms with van der Waals surface area (Å²) in [5.74, 6) is 2.06. The van der Waals surface area contributed by atoms with Crippen LogP contribution in [0.3, 0.4) is 0 Å². The molecule has 1 heterocycles. The van der Waals surface area contributed by atoms with Gasteiger partial charge in [0.05, 0.1) is 6.61 Å². The highest BCUT2D eigenvalue weighted by Crippen LogP contribution is 2.23. The first-order valence-corrected chi connectivity index (χ1v) is 15.0. The molecule has 2 aromatic rings. The Balaban J connectivity index is 1.57. The molecule has 0 amide bonds. The molecular formula is C30H48N2OS. The lowest BCUT2D eigenvalue weighted by atomic mass is 10.1. The van der Waals surface area contributed by atoms with Gasteiger partial charge in [-0.3, -0.25) is 0 Å². The molecule has 34 heavy (non-hydrogen) atoms. The average Bonchev–Trinajstić information content (AvgIpc) is 2.87. The van der Waals surface area contributed by atoms with Crippen LogP contribution in [-0.2, 0) is 0 Å². The largest absolute Gasteiger partial charge is 0.494 e. The van der Waals surface area contributed by atoms with Crippen molar-refractivity contribution >= 4 is 11.8 Å². The van der Waals surface area contributed by atoms with Gasteiger partial charge in [-0.1, -0.05) is 128 Å². The van der Waals surface area contributed by atoms with Crippen LogP contribution in [-0.4, -0.2) is 22.3 Å². The first kappa shape index (κ1) is 28.7. The second-order valence-corrected chi connectivity index (χ2v) is 10.5. The summed E-state index contributed by atoms with van der Waals surface area (Å²) < 4.78 is 5.92. The summed E-state index contributed by atoms with van der Waals surface area (Å²) in [6.45, 7) is 5.35. The second-order valence-electron chi connectivity index (χ2n) is 9.43. The third kappa shape index (κ3) is 13.4. The summed E-state index contributed by atoms with van der Waals surface area (Å²) in [7, 11) is 0. The Bertz CT molecular complexity index is 654. The molecule has 0 fully saturated rings. The Morgan fingerprint density at radius 2 is 1.09 bits per heavy atom. The monoisotopic (exact) mass is 484 g/mol. The van der Waals surface area contributed by atoms with Crippen LogP contribution in [0.15, 0.2) is 41.8 Å². The number of ether oxygens (including phenoxy) is 1. The van der Waals surface area contributed by atoms with Crippen LogP contribution in [0.1, 0.15) is 117 Å². The molecule has 0 saturated heterocycles. The fourth-order valence-corrected chi connectivity index (χ4v) is 4.89. The van der Waals surface area contributed by atoms with Gasteiger partial charge in [0.25, 0.3) is 0 Å². The zero-order valence-electron chi connectivity index (χ0n) is 21.9. The van der Waals surface area contributed by atoms with Gasteiger partial charge in [-0.05, 0) is 30.5 Å². The van der Waals surface area contributed by atoms with Crippen LogP contribution < -0.4 is 4.74 Å². The molecule has 3 nitrogen and oxygen atoms in total. The molecule has 0 bridgehead atoms. The summed E-state index contributed by atoms with van der Waals surface area (Å²) in [6, 6.07) is 8.33. The van der Waals surface area contributed by atoms with Gasteiger partial charge in [0.15, 0.2) is 5.16 Å². The molecule has 0 radical (unpaired) electrons. The molecule has 0 atom stereocenters. The molecule has 0 aliphatic heterocycles. The molecule has 190 valence electrons. The topological polar surface area (TPSA) is 35.0 Å². The third-order valence-electron chi connectivity index (χ3n) is 6.31. The number of thioether (sulfide) groups is 1. The zero-order chi connectivity index (χ0) is 24.1. The summed E-state index contributed by atoms with van der Waals surface area (Å²) in [4.78, 5) is 9.13. The highest BCUT2D eigenvalue weighted by molar-refractivity contribution is 7.99. The standard InChI is InChI=1S/C30H48N2OS/c1-3-5-7-9-11-13-15-17-23-33-29-21-19-27(20-22-29)28-25-31-30(32-26-28)34-24-18-16-14-12-10-8-6-4-2/h19-22,25-26H,3-18,23-24H2,1-2H3. The van der Waals surface area contributed by atoms with Crippen LogP contribution in [0.25, 0.3) is 11.1 Å². The number of unbranched alkanes of at least 4 members (excludes halogenated alkanes) is 14. The summed E-state index contributed by atoms with van der Waals surface area (Å²) in [6.07, 6.45) is 25.3. The molecule has 0 N–H and O–H groups in total. The van der Waals surface area contributed by atoms with Crippen molar-refractivity contribution < 1.29 is 4.74 Å². The zero-order valence-corrected chi connectivity index (χ0v) is 22.7. The molecule has 2 rings (SSSR count). The summed E-state index contributed by atoms with van der Waals surface area (Å²) in [5.41, 5.74) is 2.20. The van der Waals surface area contributed by atoms with E-state index in [2.05, 4.69) is 48.1 Å². The molecule has 0 aliphatic rings. The van der Waals surface area contributed by atoms with Gasteiger partial charge in [0, 0.05) is 23.7 Å². The van der Waals surface area contributed by atoms with Crippen molar-refractivity contribution in [3.63, 3.8) is 0 Å². The Kier molecular flexibility index (Phi) is 16.6. The van der Waals surface area contributed by atoms with E-state index in [0.29, 0.717) is 0 Å². The summed E-state index contributed by atoms with van der Waals surface area (Å²) >= 11 is 1.78. The Hall–Kier alpha value is -1.55. The molecular weight excluding hydrogens is 436 g/mol. The first-order valence-electron chi connectivity index (χ1n) is 14.0. The van der Waals surface area contributed by atoms with Crippen LogP contribution in [0.5, 0.6) is 5.75 Å². The molecule has 1 aromatic heterocycles. The fourth-order valence-electron chi connectivity index (χ4n) is 4.11. The molecule has 1 aromatic carbocycles. The highest BCUT2D eigenvalue weighted by atomic mass is 32.2. The minimum absolute atomic E-state index is 0.808. The Labute approximate surface area is 213 Å². The predicted octanol–water partition coefficient (Wildman–Crippen LogP) is 9.90. The van der Waals surface area contributed by atoms with Crippen molar-refractivity contribution in [1.29, 1.82) is 0 Å². The van der Waals surface area contributed by atoms with E-state index in [1.165, 1.54) is 96.3 Å². The molecule has 0 saturated carbocycles. The first-order chi connectivity index (χ1) is 16.8. The van der Waals surface area contributed by atoms with E-state index in [9.17, 15) is 0 Å². The van der Waals surface area contributed by atoms with Gasteiger partial charge in [-0.25, -0.2) is 9.97 Å². The maximum Gasteiger partial charge on any atom is 0.187 e. The van der Waals surface area contributed by atoms with Crippen molar-refractivity contribution in [3.8, 4) is 16.9 Å². The minimum Gasteiger partial charge on any atom is -0.494 e. The average molecular weight is 485 g/mol. The maximum absolute atomic E-state index is 5.92. The van der Waals surface area contributed by atoms with Gasteiger partial charge < -0.3 is 4.74 Å². The second kappa shape index (κ2) is 19.7. The van der Waals surface area contributed by atoms with E-state index in [4.69, 9.17) is 4.74 Å². The Morgan fingerprint density at radius 3 is 1.65 bits per heavy atom. The van der Waals surface area contributed by atoms with Crippen LogP contribution in [0.4, 0.5) is 0 Å². The van der Waals surface area contributed by atoms with E-state index >= 15 is 0 Å². The van der Waals surface area contributed by atoms with Gasteiger partial charge in [-0.2, -0.15) is 0 Å². The Morgan fingerprint density at radius 1 is 0.588 bits per heavy atom. The number of aromatic nitrogens is 2. The molecule has 0 spiro atoms. The minimum atomic E-state index is 0.808. The number of hydrogen-bond donors (Lipinski definition) is 0. The number of rotatable bonds is 21. The van der Waals surface area contributed by atoms with Gasteiger partial charge in [0.2, 0.25) is 0 Å². The quantitative estimate of drug-likeness (QED) is 0.100. The lowest BCUT2D eigenvalue weighted by molar-refractivity contribution is 0.304. The van der Waals surface area contributed by atoms with Crippen molar-refractivity contribution in [3.05, 3.63) is 36.7 Å². The third-order valence-corrected chi connectivity index (χ3v) is 7.27. The smallest absolute Gasteiger partial charge is 0.187 e. The van der Waals surface area contributed by atoms with E-state index in [-0.39, 0.29) is 0 Å². The predicted molar refractivity (Wildman–Crippen MR) is 149 cm³/mol.